The third kappa shape index (κ3) is 3.02. The fourth-order valence-corrected chi connectivity index (χ4v) is 5.09. The van der Waals surface area contributed by atoms with Gasteiger partial charge in [0.2, 0.25) is 0 Å². The maximum absolute atomic E-state index is 6.12. The van der Waals surface area contributed by atoms with Gasteiger partial charge in [0, 0.05) is 8.95 Å². The van der Waals surface area contributed by atoms with Crippen molar-refractivity contribution >= 4 is 62.6 Å². The first-order chi connectivity index (χ1) is 8.09. The summed E-state index contributed by atoms with van der Waals surface area (Å²) in [6.07, 6.45) is 0. The summed E-state index contributed by atoms with van der Waals surface area (Å²) in [5.41, 5.74) is 0. The lowest BCUT2D eigenvalue weighted by Gasteiger charge is -2.02. The van der Waals surface area contributed by atoms with Gasteiger partial charge in [0.25, 0.3) is 0 Å². The molecule has 0 nitrogen and oxygen atoms in total. The molecule has 0 bridgehead atoms. The molecular formula is C13H10Br2ClSi+. The molecule has 86 valence electrons. The molecule has 0 aliphatic carbocycles. The van der Waals surface area contributed by atoms with Gasteiger partial charge in [0.15, 0.2) is 0 Å². The Hall–Kier alpha value is -0.0931. The Morgan fingerprint density at radius 3 is 2.00 bits per heavy atom. The van der Waals surface area contributed by atoms with Crippen LogP contribution < -0.4 is 10.4 Å². The van der Waals surface area contributed by atoms with Gasteiger partial charge in [-0.2, -0.15) is 0 Å². The molecule has 0 N–H and O–H groups in total. The van der Waals surface area contributed by atoms with Crippen molar-refractivity contribution in [2.45, 2.75) is 6.55 Å². The van der Waals surface area contributed by atoms with Crippen molar-refractivity contribution in [3.05, 3.63) is 56.4 Å². The van der Waals surface area contributed by atoms with Crippen molar-refractivity contribution in [1.82, 2.24) is 0 Å². The van der Waals surface area contributed by atoms with E-state index in [1.807, 2.05) is 6.07 Å². The zero-order chi connectivity index (χ0) is 12.4. The molecule has 0 saturated carbocycles. The van der Waals surface area contributed by atoms with Crippen LogP contribution in [-0.2, 0) is 0 Å². The van der Waals surface area contributed by atoms with E-state index in [-0.39, 0.29) is 0 Å². The molecular weight excluding hydrogens is 379 g/mol. The molecule has 0 aliphatic heterocycles. The second kappa shape index (κ2) is 5.70. The molecule has 0 aliphatic rings. The monoisotopic (exact) mass is 387 g/mol. The molecule has 2 aromatic carbocycles. The molecule has 0 spiro atoms. The van der Waals surface area contributed by atoms with Crippen molar-refractivity contribution in [3.8, 4) is 0 Å². The Labute approximate surface area is 125 Å². The Bertz CT molecular complexity index is 505. The largest absolute Gasteiger partial charge is 0.387 e. The van der Waals surface area contributed by atoms with E-state index in [9.17, 15) is 0 Å². The highest BCUT2D eigenvalue weighted by Crippen LogP contribution is 2.29. The van der Waals surface area contributed by atoms with Crippen LogP contribution in [-0.4, -0.2) is 8.80 Å². The minimum Gasteiger partial charge on any atom is -0.0819 e. The second-order valence-electron chi connectivity index (χ2n) is 3.74. The number of halogens is 3. The summed E-state index contributed by atoms with van der Waals surface area (Å²) in [5, 5.41) is 3.47. The third-order valence-electron chi connectivity index (χ3n) is 2.62. The van der Waals surface area contributed by atoms with Gasteiger partial charge in [-0.3, -0.25) is 0 Å². The summed E-state index contributed by atoms with van der Waals surface area (Å²) in [7, 11) is -0.724. The third-order valence-corrected chi connectivity index (χ3v) is 7.09. The van der Waals surface area contributed by atoms with E-state index in [4.69, 9.17) is 11.6 Å². The van der Waals surface area contributed by atoms with E-state index in [2.05, 4.69) is 74.8 Å². The normalized spacial score (nSPS) is 10.4. The molecule has 0 fully saturated rings. The average molecular weight is 390 g/mol. The number of hydrogen-bond donors (Lipinski definition) is 0. The van der Waals surface area contributed by atoms with Crippen LogP contribution in [0.1, 0.15) is 0 Å². The Morgan fingerprint density at radius 1 is 0.941 bits per heavy atom. The maximum Gasteiger partial charge on any atom is 0.387 e. The number of benzene rings is 2. The first-order valence-electron chi connectivity index (χ1n) is 5.13. The summed E-state index contributed by atoms with van der Waals surface area (Å²) < 4.78 is 1.90. The zero-order valence-electron chi connectivity index (χ0n) is 9.18. The van der Waals surface area contributed by atoms with Crippen LogP contribution in [0.3, 0.4) is 0 Å². The lowest BCUT2D eigenvalue weighted by Crippen LogP contribution is -2.39. The molecule has 2 rings (SSSR count). The van der Waals surface area contributed by atoms with E-state index >= 15 is 0 Å². The number of hydrogen-bond acceptors (Lipinski definition) is 0. The summed E-state index contributed by atoms with van der Waals surface area (Å²) in [5.74, 6) is 0. The minimum atomic E-state index is -0.724. The van der Waals surface area contributed by atoms with Crippen molar-refractivity contribution in [3.63, 3.8) is 0 Å². The fraction of sp³-hybridized carbons (Fsp3) is 0.0769. The Kier molecular flexibility index (Phi) is 4.47. The highest BCUT2D eigenvalue weighted by atomic mass is 79.9. The topological polar surface area (TPSA) is 0 Å². The molecule has 2 aromatic rings. The van der Waals surface area contributed by atoms with Crippen LogP contribution in [0.25, 0.3) is 0 Å². The van der Waals surface area contributed by atoms with Gasteiger partial charge < -0.3 is 0 Å². The predicted octanol–water partition coefficient (Wildman–Crippen LogP) is 4.10. The predicted molar refractivity (Wildman–Crippen MR) is 84.2 cm³/mol. The Morgan fingerprint density at radius 2 is 1.47 bits per heavy atom. The molecule has 17 heavy (non-hydrogen) atoms. The van der Waals surface area contributed by atoms with Gasteiger partial charge in [0.1, 0.15) is 10.4 Å². The first-order valence-corrected chi connectivity index (χ1v) is 9.10. The average Bonchev–Trinajstić information content (AvgIpc) is 2.35. The van der Waals surface area contributed by atoms with E-state index < -0.39 is 8.80 Å². The van der Waals surface area contributed by atoms with E-state index in [0.717, 1.165) is 14.0 Å². The van der Waals surface area contributed by atoms with Crippen molar-refractivity contribution in [1.29, 1.82) is 0 Å². The van der Waals surface area contributed by atoms with Crippen molar-refractivity contribution in [2.24, 2.45) is 0 Å². The smallest absolute Gasteiger partial charge is 0.0819 e. The lowest BCUT2D eigenvalue weighted by atomic mass is 10.4. The first kappa shape index (κ1) is 13.3. The molecule has 0 aromatic heterocycles. The van der Waals surface area contributed by atoms with Crippen LogP contribution in [0.4, 0.5) is 0 Å². The van der Waals surface area contributed by atoms with Gasteiger partial charge in [-0.1, -0.05) is 29.8 Å². The SMILES string of the molecule is C[Si+](c1ccccc1)c1cc(Br)c(Cl)c(Br)c1. The van der Waals surface area contributed by atoms with Crippen LogP contribution in [0.15, 0.2) is 51.4 Å². The zero-order valence-corrected chi connectivity index (χ0v) is 14.1. The molecule has 0 unspecified atom stereocenters. The fourth-order valence-electron chi connectivity index (χ4n) is 1.63. The molecule has 4 heteroatoms. The van der Waals surface area contributed by atoms with Crippen LogP contribution in [0, 0.1) is 0 Å². The summed E-state index contributed by atoms with van der Waals surface area (Å²) in [6, 6.07) is 14.8. The molecule has 0 heterocycles. The van der Waals surface area contributed by atoms with Crippen LogP contribution in [0.5, 0.6) is 0 Å². The van der Waals surface area contributed by atoms with Gasteiger partial charge in [0.05, 0.1) is 11.6 Å². The van der Waals surface area contributed by atoms with Crippen molar-refractivity contribution < 1.29 is 0 Å². The summed E-state index contributed by atoms with van der Waals surface area (Å²) in [6.45, 7) is 2.29. The van der Waals surface area contributed by atoms with E-state index in [0.29, 0.717) is 0 Å². The quantitative estimate of drug-likeness (QED) is 0.536. The van der Waals surface area contributed by atoms with Gasteiger partial charge in [-0.15, -0.1) is 0 Å². The van der Waals surface area contributed by atoms with Gasteiger partial charge >= 0.3 is 8.80 Å². The minimum absolute atomic E-state index is 0.724. The van der Waals surface area contributed by atoms with Crippen molar-refractivity contribution in [2.75, 3.05) is 0 Å². The summed E-state index contributed by atoms with van der Waals surface area (Å²) in [4.78, 5) is 0. The summed E-state index contributed by atoms with van der Waals surface area (Å²) >= 11 is 13.1. The molecule has 0 saturated heterocycles. The molecule has 0 atom stereocenters. The maximum atomic E-state index is 6.12. The van der Waals surface area contributed by atoms with E-state index in [1.54, 1.807) is 0 Å². The highest BCUT2D eigenvalue weighted by Gasteiger charge is 2.27. The lowest BCUT2D eigenvalue weighted by molar-refractivity contribution is 1.63. The van der Waals surface area contributed by atoms with Crippen LogP contribution in [0.2, 0.25) is 11.6 Å². The standard InChI is InChI=1S/C13H10Br2ClSi/c1-17(9-5-3-2-4-6-9)10-7-11(14)13(16)12(15)8-10/h2-8H,1H3/q+1. The van der Waals surface area contributed by atoms with Crippen LogP contribution >= 0.6 is 43.5 Å². The number of rotatable bonds is 2. The van der Waals surface area contributed by atoms with Gasteiger partial charge in [-0.05, 0) is 56.1 Å². The Balaban J connectivity index is 2.41. The van der Waals surface area contributed by atoms with E-state index in [1.165, 1.54) is 10.4 Å². The molecule has 0 radical (unpaired) electrons. The molecule has 0 amide bonds. The highest BCUT2D eigenvalue weighted by molar-refractivity contribution is 9.11. The van der Waals surface area contributed by atoms with Gasteiger partial charge in [-0.25, -0.2) is 0 Å². The second-order valence-corrected chi connectivity index (χ2v) is 8.24.